The first-order chi connectivity index (χ1) is 18.5. The van der Waals surface area contributed by atoms with Crippen molar-refractivity contribution in [2.24, 2.45) is 16.9 Å². The molecular weight excluding hydrogens is 503 g/mol. The number of carbonyl (C=O) groups excluding carboxylic acids is 2. The molecule has 1 fully saturated rings. The molecule has 39 heavy (non-hydrogen) atoms. The smallest absolute Gasteiger partial charge is 0.423 e. The van der Waals surface area contributed by atoms with Gasteiger partial charge in [-0.05, 0) is 53.6 Å². The Kier molecular flexibility index (Phi) is 6.98. The predicted octanol–water partition coefficient (Wildman–Crippen LogP) is 5.62. The molecule has 2 aliphatic rings. The molecule has 206 valence electrons. The normalized spacial score (nSPS) is 17.4. The second-order valence-electron chi connectivity index (χ2n) is 11.1. The summed E-state index contributed by atoms with van der Waals surface area (Å²) < 4.78 is 27.0. The van der Waals surface area contributed by atoms with Gasteiger partial charge in [-0.1, -0.05) is 45.0 Å². The number of nitrogens with two attached hydrogens (primary N) is 2. The van der Waals surface area contributed by atoms with E-state index in [4.69, 9.17) is 25.8 Å². The number of benzene rings is 2. The quantitative estimate of drug-likeness (QED) is 0.404. The van der Waals surface area contributed by atoms with Crippen LogP contribution in [-0.4, -0.2) is 28.4 Å². The first-order valence-corrected chi connectivity index (χ1v) is 13.0. The molecule has 2 amide bonds. The highest BCUT2D eigenvalue weighted by molar-refractivity contribution is 5.81. The SMILES string of the molecule is CC(C)(C)C1c2c(OC(N)=O)c(-c3ccc(OCc4ccc(F)cc4)cc3)c(C3CC3)n2CCN1OC(N)=O. The van der Waals surface area contributed by atoms with E-state index in [1.54, 1.807) is 17.2 Å². The van der Waals surface area contributed by atoms with Crippen molar-refractivity contribution in [3.8, 4) is 22.6 Å². The van der Waals surface area contributed by atoms with Gasteiger partial charge in [0.05, 0.1) is 18.3 Å². The molecule has 0 radical (unpaired) electrons. The lowest BCUT2D eigenvalue weighted by Crippen LogP contribution is -2.46. The van der Waals surface area contributed by atoms with E-state index >= 15 is 0 Å². The van der Waals surface area contributed by atoms with Crippen LogP contribution in [0.3, 0.4) is 0 Å². The van der Waals surface area contributed by atoms with Crippen LogP contribution in [0.4, 0.5) is 14.0 Å². The first-order valence-electron chi connectivity index (χ1n) is 13.0. The van der Waals surface area contributed by atoms with E-state index in [1.165, 1.54) is 12.1 Å². The maximum atomic E-state index is 13.2. The van der Waals surface area contributed by atoms with Crippen molar-refractivity contribution in [1.29, 1.82) is 0 Å². The van der Waals surface area contributed by atoms with Gasteiger partial charge in [-0.15, -0.1) is 5.06 Å². The number of hydrogen-bond acceptors (Lipinski definition) is 6. The molecule has 1 aromatic heterocycles. The van der Waals surface area contributed by atoms with Gasteiger partial charge in [-0.25, -0.2) is 14.0 Å². The van der Waals surface area contributed by atoms with Crippen molar-refractivity contribution in [1.82, 2.24) is 9.63 Å². The number of hydroxylamine groups is 2. The Morgan fingerprint density at radius 2 is 1.62 bits per heavy atom. The number of rotatable bonds is 7. The second kappa shape index (κ2) is 10.3. The minimum absolute atomic E-state index is 0.295. The van der Waals surface area contributed by atoms with Crippen molar-refractivity contribution in [3.05, 3.63) is 71.3 Å². The Balaban J connectivity index is 1.57. The van der Waals surface area contributed by atoms with Crippen LogP contribution < -0.4 is 20.9 Å². The van der Waals surface area contributed by atoms with Crippen LogP contribution in [0.15, 0.2) is 48.5 Å². The number of primary amides is 2. The van der Waals surface area contributed by atoms with Gasteiger partial charge in [0.15, 0.2) is 5.75 Å². The van der Waals surface area contributed by atoms with E-state index < -0.39 is 23.6 Å². The summed E-state index contributed by atoms with van der Waals surface area (Å²) in [7, 11) is 0. The molecule has 0 saturated heterocycles. The van der Waals surface area contributed by atoms with E-state index in [1.807, 2.05) is 45.0 Å². The van der Waals surface area contributed by atoms with Crippen molar-refractivity contribution in [3.63, 3.8) is 0 Å². The summed E-state index contributed by atoms with van der Waals surface area (Å²) >= 11 is 0. The van der Waals surface area contributed by atoms with Crippen molar-refractivity contribution >= 4 is 12.2 Å². The molecule has 9 nitrogen and oxygen atoms in total. The summed E-state index contributed by atoms with van der Waals surface area (Å²) in [6.45, 7) is 7.32. The third-order valence-corrected chi connectivity index (χ3v) is 7.04. The predicted molar refractivity (Wildman–Crippen MR) is 142 cm³/mol. The lowest BCUT2D eigenvalue weighted by atomic mass is 9.83. The Hall–Kier alpha value is -4.05. The Labute approximate surface area is 226 Å². The molecular formula is C29H33FN4O5. The summed E-state index contributed by atoms with van der Waals surface area (Å²) in [6.07, 6.45) is 0.215. The molecule has 5 rings (SSSR count). The maximum absolute atomic E-state index is 13.2. The van der Waals surface area contributed by atoms with Crippen molar-refractivity contribution in [2.45, 2.75) is 58.7 Å². The van der Waals surface area contributed by atoms with Crippen LogP contribution >= 0.6 is 0 Å². The first kappa shape index (κ1) is 26.6. The van der Waals surface area contributed by atoms with Gasteiger partial charge in [0.2, 0.25) is 0 Å². The molecule has 0 spiro atoms. The third-order valence-electron chi connectivity index (χ3n) is 7.04. The molecule has 1 aliphatic heterocycles. The van der Waals surface area contributed by atoms with Gasteiger partial charge in [0.1, 0.15) is 18.2 Å². The average molecular weight is 537 g/mol. The molecule has 2 aromatic carbocycles. The number of aromatic nitrogens is 1. The fourth-order valence-corrected chi connectivity index (χ4v) is 5.39. The fourth-order valence-electron chi connectivity index (χ4n) is 5.39. The monoisotopic (exact) mass is 536 g/mol. The van der Waals surface area contributed by atoms with Crippen LogP contribution in [0.1, 0.15) is 62.5 Å². The van der Waals surface area contributed by atoms with E-state index in [9.17, 15) is 14.0 Å². The van der Waals surface area contributed by atoms with Crippen molar-refractivity contribution < 1.29 is 28.3 Å². The van der Waals surface area contributed by atoms with Crippen LogP contribution in [0.25, 0.3) is 11.1 Å². The maximum Gasteiger partial charge on any atom is 0.423 e. The minimum atomic E-state index is -0.924. The lowest BCUT2D eigenvalue weighted by molar-refractivity contribution is -0.168. The number of amides is 2. The van der Waals surface area contributed by atoms with E-state index in [0.29, 0.717) is 37.1 Å². The summed E-state index contributed by atoms with van der Waals surface area (Å²) in [6, 6.07) is 13.3. The molecule has 3 aromatic rings. The number of nitrogens with zero attached hydrogens (tertiary/aromatic N) is 2. The Morgan fingerprint density at radius 3 is 2.18 bits per heavy atom. The Bertz CT molecular complexity index is 1370. The molecule has 4 N–H and O–H groups in total. The number of carbonyl (C=O) groups is 2. The second-order valence-corrected chi connectivity index (χ2v) is 11.1. The summed E-state index contributed by atoms with van der Waals surface area (Å²) in [5, 5.41) is 1.57. The van der Waals surface area contributed by atoms with Gasteiger partial charge >= 0.3 is 12.2 Å². The highest BCUT2D eigenvalue weighted by Crippen LogP contribution is 2.55. The van der Waals surface area contributed by atoms with Gasteiger partial charge in [0, 0.05) is 23.7 Å². The van der Waals surface area contributed by atoms with Gasteiger partial charge in [0.25, 0.3) is 0 Å². The van der Waals surface area contributed by atoms with Crippen LogP contribution in [0, 0.1) is 11.2 Å². The van der Waals surface area contributed by atoms with E-state index in [-0.39, 0.29) is 5.82 Å². The zero-order valence-corrected chi connectivity index (χ0v) is 22.3. The largest absolute Gasteiger partial charge is 0.489 e. The van der Waals surface area contributed by atoms with Gasteiger partial charge in [-0.3, -0.25) is 0 Å². The standard InChI is InChI=1S/C29H33FN4O5/c1-29(2,3)26-24-25(38-27(31)35)22(23(19-6-7-19)33(24)14-15-34(26)39-28(32)36)18-8-12-21(13-9-18)37-16-17-4-10-20(30)11-5-17/h4-5,8-13,19,26H,6-7,14-16H2,1-3H3,(H2,31,35)(H2,32,36). The molecule has 10 heteroatoms. The fraction of sp³-hybridized carbons (Fsp3) is 0.379. The third kappa shape index (κ3) is 5.56. The molecule has 1 saturated carbocycles. The van der Waals surface area contributed by atoms with Gasteiger partial charge < -0.3 is 30.3 Å². The zero-order chi connectivity index (χ0) is 27.9. The number of hydrogen-bond donors (Lipinski definition) is 2. The highest BCUT2D eigenvalue weighted by Gasteiger charge is 2.46. The average Bonchev–Trinajstić information content (AvgIpc) is 3.66. The topological polar surface area (TPSA) is 122 Å². The molecule has 1 aliphatic carbocycles. The van der Waals surface area contributed by atoms with E-state index in [2.05, 4.69) is 4.57 Å². The number of ether oxygens (including phenoxy) is 2. The summed E-state index contributed by atoms with van der Waals surface area (Å²) in [4.78, 5) is 29.3. The van der Waals surface area contributed by atoms with Crippen LogP contribution in [-0.2, 0) is 18.0 Å². The highest BCUT2D eigenvalue weighted by atomic mass is 19.1. The van der Waals surface area contributed by atoms with Crippen molar-refractivity contribution in [2.75, 3.05) is 6.54 Å². The van der Waals surface area contributed by atoms with Crippen LogP contribution in [0.2, 0.25) is 0 Å². The lowest BCUT2D eigenvalue weighted by Gasteiger charge is -2.42. The molecule has 1 atom stereocenters. The Morgan fingerprint density at radius 1 is 0.949 bits per heavy atom. The molecule has 2 heterocycles. The van der Waals surface area contributed by atoms with E-state index in [0.717, 1.165) is 40.9 Å². The summed E-state index contributed by atoms with van der Waals surface area (Å²) in [5.74, 6) is 1.02. The minimum Gasteiger partial charge on any atom is -0.489 e. The number of fused-ring (bicyclic) bond motifs is 1. The number of halogens is 1. The molecule has 0 bridgehead atoms. The van der Waals surface area contributed by atoms with Crippen LogP contribution in [0.5, 0.6) is 11.5 Å². The van der Waals surface area contributed by atoms with Gasteiger partial charge in [-0.2, -0.15) is 0 Å². The summed E-state index contributed by atoms with van der Waals surface area (Å²) in [5.41, 5.74) is 14.8. The molecule has 1 unspecified atom stereocenters. The zero-order valence-electron chi connectivity index (χ0n) is 22.3.